The van der Waals surface area contributed by atoms with Gasteiger partial charge in [-0.2, -0.15) is 0 Å². The lowest BCUT2D eigenvalue weighted by Gasteiger charge is -2.31. The zero-order valence-corrected chi connectivity index (χ0v) is 24.9. The third kappa shape index (κ3) is 5.89. The van der Waals surface area contributed by atoms with Gasteiger partial charge in [-0.25, -0.2) is 0 Å². The van der Waals surface area contributed by atoms with Gasteiger partial charge < -0.3 is 0 Å². The summed E-state index contributed by atoms with van der Waals surface area (Å²) in [5.41, 5.74) is 2.63. The third-order valence-corrected chi connectivity index (χ3v) is 16.2. The van der Waals surface area contributed by atoms with Crippen LogP contribution in [0.15, 0.2) is 187 Å². The summed E-state index contributed by atoms with van der Waals surface area (Å²) in [7, 11) is -4.68. The van der Waals surface area contributed by atoms with Gasteiger partial charge in [0.05, 0.1) is 7.05 Å². The number of hydrogen-bond donors (Lipinski definition) is 0. The zero-order chi connectivity index (χ0) is 27.8. The second kappa shape index (κ2) is 12.7. The van der Waals surface area contributed by atoms with Crippen LogP contribution in [0.2, 0.25) is 0 Å². The smallest absolute Gasteiger partial charge is 0.130 e. The van der Waals surface area contributed by atoms with Gasteiger partial charge in [0.25, 0.3) is 0 Å². The second-order valence-corrected chi connectivity index (χ2v) is 16.7. The Hall–Kier alpha value is -4.02. The first kappa shape index (κ1) is 27.2. The molecule has 1 nitrogen and oxygen atoms in total. The molecular formula is C38H34NP2+. The van der Waals surface area contributed by atoms with Crippen LogP contribution in [0.25, 0.3) is 0 Å². The molecule has 41 heavy (non-hydrogen) atoms. The Bertz CT molecular complexity index is 1620. The van der Waals surface area contributed by atoms with Gasteiger partial charge in [-0.15, -0.1) is 4.52 Å². The first-order valence-electron chi connectivity index (χ1n) is 14.1. The minimum Gasteiger partial charge on any atom is -0.130 e. The summed E-state index contributed by atoms with van der Waals surface area (Å²) >= 11 is 0. The lowest BCUT2D eigenvalue weighted by atomic mass is 10.2. The van der Waals surface area contributed by atoms with Gasteiger partial charge in [-0.3, -0.25) is 0 Å². The van der Waals surface area contributed by atoms with Crippen LogP contribution >= 0.6 is 14.5 Å². The van der Waals surface area contributed by atoms with E-state index in [9.17, 15) is 0 Å². The Kier molecular flexibility index (Phi) is 8.39. The van der Waals surface area contributed by atoms with Crippen molar-refractivity contribution >= 4 is 35.7 Å². The number of rotatable bonds is 9. The van der Waals surface area contributed by atoms with Crippen LogP contribution in [0.3, 0.4) is 0 Å². The average molecular weight is 567 g/mol. The summed E-state index contributed by atoms with van der Waals surface area (Å²) in [6.07, 6.45) is 1.75. The molecule has 0 aliphatic rings. The van der Waals surface area contributed by atoms with E-state index in [2.05, 4.69) is 182 Å². The molecule has 0 unspecified atom stereocenters. The molecular weight excluding hydrogens is 532 g/mol. The highest BCUT2D eigenvalue weighted by Crippen LogP contribution is 2.69. The summed E-state index contributed by atoms with van der Waals surface area (Å²) in [5.74, 6) is 0. The minimum atomic E-state index is -2.34. The van der Waals surface area contributed by atoms with Gasteiger partial charge >= 0.3 is 0 Å². The van der Waals surface area contributed by atoms with Crippen LogP contribution in [0.5, 0.6) is 0 Å². The molecule has 3 heteroatoms. The molecule has 0 bridgehead atoms. The molecule has 0 radical (unpaired) electrons. The van der Waals surface area contributed by atoms with Gasteiger partial charge in [0.1, 0.15) is 16.8 Å². The van der Waals surface area contributed by atoms with Gasteiger partial charge in [0.15, 0.2) is 0 Å². The zero-order valence-electron chi connectivity index (χ0n) is 23.1. The Morgan fingerprint density at radius 1 is 0.390 bits per heavy atom. The highest BCUT2D eigenvalue weighted by Gasteiger charge is 2.47. The van der Waals surface area contributed by atoms with Gasteiger partial charge in [-0.1, -0.05) is 158 Å². The molecule has 0 N–H and O–H groups in total. The van der Waals surface area contributed by atoms with Crippen LogP contribution in [0, 0.1) is 0 Å². The highest BCUT2D eigenvalue weighted by molar-refractivity contribution is 7.94. The van der Waals surface area contributed by atoms with Crippen LogP contribution in [0.1, 0.15) is 11.1 Å². The van der Waals surface area contributed by atoms with Crippen molar-refractivity contribution < 1.29 is 0 Å². The largest absolute Gasteiger partial charge is 0.200 e. The molecule has 0 saturated heterocycles. The van der Waals surface area contributed by atoms with Crippen molar-refractivity contribution in [3.05, 3.63) is 193 Å². The van der Waals surface area contributed by atoms with Crippen molar-refractivity contribution in [2.75, 3.05) is 0 Å². The third-order valence-electron chi connectivity index (χ3n) is 7.55. The lowest BCUT2D eigenvalue weighted by Crippen LogP contribution is -2.25. The van der Waals surface area contributed by atoms with E-state index < -0.39 is 14.5 Å². The molecule has 6 aromatic rings. The van der Waals surface area contributed by atoms with Crippen molar-refractivity contribution in [2.24, 2.45) is 4.52 Å². The van der Waals surface area contributed by atoms with E-state index in [0.717, 1.165) is 12.3 Å². The Morgan fingerprint density at radius 2 is 0.732 bits per heavy atom. The maximum Gasteiger partial charge on any atom is 0.200 e. The van der Waals surface area contributed by atoms with E-state index >= 15 is 0 Å². The van der Waals surface area contributed by atoms with E-state index in [1.54, 1.807) is 0 Å². The number of benzene rings is 6. The SMILES string of the molecule is c1ccc(CP(=N[P+](Cc2ccccc2)(c2ccccc2)c2ccccc2)(c2ccccc2)c2ccccc2)cc1. The fourth-order valence-corrected chi connectivity index (χ4v) is 15.3. The Balaban J connectivity index is 1.77. The van der Waals surface area contributed by atoms with Crippen molar-refractivity contribution in [3.8, 4) is 0 Å². The van der Waals surface area contributed by atoms with E-state index in [4.69, 9.17) is 4.52 Å². The van der Waals surface area contributed by atoms with Crippen molar-refractivity contribution in [2.45, 2.75) is 12.3 Å². The molecule has 0 fully saturated rings. The van der Waals surface area contributed by atoms with Crippen LogP contribution in [0.4, 0.5) is 0 Å². The molecule has 0 aromatic heterocycles. The number of hydrogen-bond acceptors (Lipinski definition) is 1. The predicted molar refractivity (Wildman–Crippen MR) is 181 cm³/mol. The van der Waals surface area contributed by atoms with Gasteiger partial charge in [0, 0.05) is 16.8 Å². The Labute approximate surface area is 245 Å². The summed E-state index contributed by atoms with van der Waals surface area (Å²) in [4.78, 5) is 0. The van der Waals surface area contributed by atoms with Gasteiger partial charge in [-0.05, 0) is 35.4 Å². The summed E-state index contributed by atoms with van der Waals surface area (Å²) in [5, 5.41) is 5.28. The summed E-state index contributed by atoms with van der Waals surface area (Å²) in [6.45, 7) is 0. The monoisotopic (exact) mass is 566 g/mol. The molecule has 200 valence electrons. The first-order chi connectivity index (χ1) is 20.3. The summed E-state index contributed by atoms with van der Waals surface area (Å²) in [6, 6.07) is 66.2. The molecule has 0 saturated carbocycles. The van der Waals surface area contributed by atoms with E-state index in [0.29, 0.717) is 0 Å². The molecule has 0 heterocycles. The standard InChI is InChI=1S/C38H34NP2/c1-7-19-33(20-8-1)31-40(35-23-11-3-12-24-35,36-25-13-4-14-26-36)39-41(37-27-15-5-16-28-37,38-29-17-6-18-30-38)32-34-21-9-2-10-22-34/h1-30H,31-32H2/q+1. The fourth-order valence-electron chi connectivity index (χ4n) is 5.59. The highest BCUT2D eigenvalue weighted by atomic mass is 31.2. The predicted octanol–water partition coefficient (Wildman–Crippen LogP) is 8.82. The Morgan fingerprint density at radius 3 is 1.15 bits per heavy atom. The van der Waals surface area contributed by atoms with E-state index in [-0.39, 0.29) is 0 Å². The normalized spacial score (nSPS) is 11.6. The quantitative estimate of drug-likeness (QED) is 0.155. The molecule has 0 spiro atoms. The summed E-state index contributed by atoms with van der Waals surface area (Å²) < 4.78 is 6.43. The molecule has 0 amide bonds. The van der Waals surface area contributed by atoms with E-state index in [1.165, 1.54) is 32.3 Å². The van der Waals surface area contributed by atoms with Crippen LogP contribution in [-0.4, -0.2) is 0 Å². The van der Waals surface area contributed by atoms with Gasteiger partial charge in [0.2, 0.25) is 7.41 Å². The van der Waals surface area contributed by atoms with Crippen molar-refractivity contribution in [3.63, 3.8) is 0 Å². The molecule has 0 aliphatic heterocycles. The second-order valence-electron chi connectivity index (χ2n) is 10.3. The minimum absolute atomic E-state index is 0.873. The molecule has 0 aliphatic carbocycles. The van der Waals surface area contributed by atoms with Crippen LogP contribution < -0.4 is 21.2 Å². The maximum absolute atomic E-state index is 6.43. The maximum atomic E-state index is 6.43. The van der Waals surface area contributed by atoms with Crippen molar-refractivity contribution in [1.29, 1.82) is 0 Å². The van der Waals surface area contributed by atoms with E-state index in [1.807, 2.05) is 0 Å². The van der Waals surface area contributed by atoms with Crippen molar-refractivity contribution in [1.82, 2.24) is 0 Å². The van der Waals surface area contributed by atoms with Crippen LogP contribution in [-0.2, 0) is 12.3 Å². The number of nitrogens with zero attached hydrogens (tertiary/aromatic N) is 1. The molecule has 0 atom stereocenters. The molecule has 6 aromatic carbocycles. The lowest BCUT2D eigenvalue weighted by molar-refractivity contribution is 1.36. The molecule has 6 rings (SSSR count). The fraction of sp³-hybridized carbons (Fsp3) is 0.0526. The first-order valence-corrected chi connectivity index (χ1v) is 18.0. The average Bonchev–Trinajstić information content (AvgIpc) is 3.06. The topological polar surface area (TPSA) is 12.4 Å².